The van der Waals surface area contributed by atoms with Crippen molar-refractivity contribution < 1.29 is 14.6 Å². The number of aliphatic hydroxyl groups is 1. The van der Waals surface area contributed by atoms with Gasteiger partial charge in [0, 0.05) is 18.8 Å². The molecule has 1 aliphatic rings. The Bertz CT molecular complexity index is 921. The highest BCUT2D eigenvalue weighted by molar-refractivity contribution is 7.16. The highest BCUT2D eigenvalue weighted by atomic mass is 32.1. The lowest BCUT2D eigenvalue weighted by atomic mass is 9.77. The van der Waals surface area contributed by atoms with Crippen molar-refractivity contribution in [3.8, 4) is 0 Å². The van der Waals surface area contributed by atoms with Crippen LogP contribution < -0.4 is 5.32 Å². The van der Waals surface area contributed by atoms with E-state index in [1.807, 2.05) is 42.5 Å². The molecule has 1 atom stereocenters. The largest absolute Gasteiger partial charge is 0.383 e. The SMILES string of the molecule is O=C(NCC(O)(c1ccccc1)C1CCOCC1)c1ccc2ncsc2c1. The third-order valence-corrected chi connectivity index (χ3v) is 6.07. The predicted molar refractivity (Wildman–Crippen MR) is 106 cm³/mol. The first-order valence-corrected chi connectivity index (χ1v) is 10.0. The normalized spacial score (nSPS) is 17.5. The molecule has 0 bridgehead atoms. The van der Waals surface area contributed by atoms with Gasteiger partial charge in [-0.3, -0.25) is 4.79 Å². The molecule has 140 valence electrons. The molecule has 27 heavy (non-hydrogen) atoms. The summed E-state index contributed by atoms with van der Waals surface area (Å²) >= 11 is 1.51. The molecule has 0 spiro atoms. The van der Waals surface area contributed by atoms with E-state index in [1.54, 1.807) is 11.6 Å². The molecule has 0 radical (unpaired) electrons. The molecule has 2 N–H and O–H groups in total. The fourth-order valence-electron chi connectivity index (χ4n) is 3.70. The van der Waals surface area contributed by atoms with Crippen LogP contribution in [0.1, 0.15) is 28.8 Å². The van der Waals surface area contributed by atoms with Crippen molar-refractivity contribution in [2.24, 2.45) is 5.92 Å². The number of thiazole rings is 1. The smallest absolute Gasteiger partial charge is 0.251 e. The number of carbonyl (C=O) groups excluding carboxylic acids is 1. The Kier molecular flexibility index (Phi) is 5.20. The second-order valence-electron chi connectivity index (χ2n) is 6.89. The zero-order valence-corrected chi connectivity index (χ0v) is 15.7. The van der Waals surface area contributed by atoms with E-state index in [9.17, 15) is 9.90 Å². The van der Waals surface area contributed by atoms with Crippen molar-refractivity contribution in [3.63, 3.8) is 0 Å². The van der Waals surface area contributed by atoms with Crippen LogP contribution in [-0.4, -0.2) is 35.8 Å². The molecule has 1 unspecified atom stereocenters. The molecule has 1 aliphatic heterocycles. The summed E-state index contributed by atoms with van der Waals surface area (Å²) in [5, 5.41) is 14.5. The Morgan fingerprint density at radius 2 is 2.00 bits per heavy atom. The lowest BCUT2D eigenvalue weighted by Crippen LogP contribution is -2.47. The van der Waals surface area contributed by atoms with Crippen LogP contribution in [0, 0.1) is 5.92 Å². The van der Waals surface area contributed by atoms with Crippen molar-refractivity contribution in [2.75, 3.05) is 19.8 Å². The maximum absolute atomic E-state index is 12.7. The summed E-state index contributed by atoms with van der Waals surface area (Å²) in [6, 6.07) is 15.1. The minimum atomic E-state index is -1.12. The Balaban J connectivity index is 1.55. The molecule has 1 saturated heterocycles. The number of nitrogens with one attached hydrogen (secondary N) is 1. The van der Waals surface area contributed by atoms with Crippen LogP contribution in [0.15, 0.2) is 54.0 Å². The number of hydrogen-bond donors (Lipinski definition) is 2. The van der Waals surface area contributed by atoms with Gasteiger partial charge in [-0.25, -0.2) is 4.98 Å². The van der Waals surface area contributed by atoms with Crippen LogP contribution in [-0.2, 0) is 10.3 Å². The third-order valence-electron chi connectivity index (χ3n) is 5.28. The number of nitrogens with zero attached hydrogens (tertiary/aromatic N) is 1. The van der Waals surface area contributed by atoms with Crippen molar-refractivity contribution in [1.82, 2.24) is 10.3 Å². The van der Waals surface area contributed by atoms with Crippen LogP contribution in [0.4, 0.5) is 0 Å². The van der Waals surface area contributed by atoms with E-state index in [0.717, 1.165) is 28.6 Å². The summed E-state index contributed by atoms with van der Waals surface area (Å²) in [6.45, 7) is 1.44. The highest BCUT2D eigenvalue weighted by Gasteiger charge is 2.39. The van der Waals surface area contributed by atoms with Crippen molar-refractivity contribution in [3.05, 3.63) is 65.2 Å². The molecule has 1 fully saturated rings. The van der Waals surface area contributed by atoms with Crippen LogP contribution in [0.2, 0.25) is 0 Å². The molecule has 2 aromatic carbocycles. The zero-order chi connectivity index (χ0) is 18.7. The molecule has 6 heteroatoms. The lowest BCUT2D eigenvalue weighted by Gasteiger charge is -2.39. The van der Waals surface area contributed by atoms with Crippen molar-refractivity contribution in [1.29, 1.82) is 0 Å². The van der Waals surface area contributed by atoms with Gasteiger partial charge in [-0.2, -0.15) is 0 Å². The summed E-state index contributed by atoms with van der Waals surface area (Å²) in [4.78, 5) is 16.9. The maximum Gasteiger partial charge on any atom is 0.251 e. The van der Waals surface area contributed by atoms with Crippen LogP contribution in [0.3, 0.4) is 0 Å². The molecule has 4 rings (SSSR count). The average molecular weight is 382 g/mol. The molecule has 3 aromatic rings. The summed E-state index contributed by atoms with van der Waals surface area (Å²) in [5.74, 6) is -0.148. The monoisotopic (exact) mass is 382 g/mol. The first-order chi connectivity index (χ1) is 13.2. The first-order valence-electron chi connectivity index (χ1n) is 9.14. The standard InChI is InChI=1S/C21H22N2O3S/c24-20(15-6-7-18-19(12-15)27-14-23-18)22-13-21(25,16-4-2-1-3-5-16)17-8-10-26-11-9-17/h1-7,12,14,17,25H,8-11,13H2,(H,22,24). The minimum absolute atomic E-state index is 0.0397. The number of aromatic nitrogens is 1. The van der Waals surface area contributed by atoms with Crippen molar-refractivity contribution >= 4 is 27.5 Å². The molecule has 0 aliphatic carbocycles. The average Bonchev–Trinajstić information content (AvgIpc) is 3.21. The second kappa shape index (κ2) is 7.76. The predicted octanol–water partition coefficient (Wildman–Crippen LogP) is 3.34. The van der Waals surface area contributed by atoms with Gasteiger partial charge < -0.3 is 15.2 Å². The fourth-order valence-corrected chi connectivity index (χ4v) is 4.41. The van der Waals surface area contributed by atoms with E-state index in [-0.39, 0.29) is 18.4 Å². The van der Waals surface area contributed by atoms with Gasteiger partial charge >= 0.3 is 0 Å². The van der Waals surface area contributed by atoms with Crippen LogP contribution in [0.5, 0.6) is 0 Å². The van der Waals surface area contributed by atoms with E-state index in [2.05, 4.69) is 10.3 Å². The van der Waals surface area contributed by atoms with Crippen LogP contribution in [0.25, 0.3) is 10.2 Å². The Morgan fingerprint density at radius 1 is 1.22 bits per heavy atom. The minimum Gasteiger partial charge on any atom is -0.383 e. The highest BCUT2D eigenvalue weighted by Crippen LogP contribution is 2.35. The molecular formula is C21H22N2O3S. The van der Waals surface area contributed by atoms with Gasteiger partial charge in [-0.15, -0.1) is 11.3 Å². The van der Waals surface area contributed by atoms with Gasteiger partial charge in [0.25, 0.3) is 5.91 Å². The second-order valence-corrected chi connectivity index (χ2v) is 7.78. The molecular weight excluding hydrogens is 360 g/mol. The number of amides is 1. The quantitative estimate of drug-likeness (QED) is 0.710. The summed E-state index contributed by atoms with van der Waals surface area (Å²) in [5.41, 5.74) is 2.95. The third kappa shape index (κ3) is 3.74. The number of fused-ring (bicyclic) bond motifs is 1. The van der Waals surface area contributed by atoms with Gasteiger partial charge in [0.1, 0.15) is 5.60 Å². The molecule has 1 aromatic heterocycles. The number of ether oxygens (including phenoxy) is 1. The van der Waals surface area contributed by atoms with Gasteiger partial charge in [0.05, 0.1) is 22.3 Å². The maximum atomic E-state index is 12.7. The van der Waals surface area contributed by atoms with Gasteiger partial charge in [-0.05, 0) is 42.5 Å². The summed E-state index contributed by atoms with van der Waals surface area (Å²) < 4.78 is 6.43. The number of rotatable bonds is 5. The zero-order valence-electron chi connectivity index (χ0n) is 14.9. The molecule has 5 nitrogen and oxygen atoms in total. The van der Waals surface area contributed by atoms with E-state index < -0.39 is 5.60 Å². The van der Waals surface area contributed by atoms with Crippen molar-refractivity contribution in [2.45, 2.75) is 18.4 Å². The van der Waals surface area contributed by atoms with E-state index in [1.165, 1.54) is 11.3 Å². The summed E-state index contributed by atoms with van der Waals surface area (Å²) in [7, 11) is 0. The van der Waals surface area contributed by atoms with Gasteiger partial charge in [0.15, 0.2) is 0 Å². The first kappa shape index (κ1) is 18.1. The van der Waals surface area contributed by atoms with E-state index in [4.69, 9.17) is 4.74 Å². The van der Waals surface area contributed by atoms with Crippen LogP contribution >= 0.6 is 11.3 Å². The molecule has 1 amide bonds. The van der Waals surface area contributed by atoms with E-state index in [0.29, 0.717) is 18.8 Å². The van der Waals surface area contributed by atoms with E-state index >= 15 is 0 Å². The Hall–Kier alpha value is -2.28. The molecule has 0 saturated carbocycles. The Morgan fingerprint density at radius 3 is 2.78 bits per heavy atom. The fraction of sp³-hybridized carbons (Fsp3) is 0.333. The summed E-state index contributed by atoms with van der Waals surface area (Å²) in [6.07, 6.45) is 1.54. The van der Waals surface area contributed by atoms with Gasteiger partial charge in [0.2, 0.25) is 0 Å². The van der Waals surface area contributed by atoms with Gasteiger partial charge in [-0.1, -0.05) is 30.3 Å². The topological polar surface area (TPSA) is 71.5 Å². The lowest BCUT2D eigenvalue weighted by molar-refractivity contribution is -0.0680. The Labute approximate surface area is 162 Å². The number of carbonyl (C=O) groups is 1. The number of hydrogen-bond acceptors (Lipinski definition) is 5. The number of benzene rings is 2. The molecule has 2 heterocycles.